The number of amides is 2. The molecule has 7 heteroatoms. The van der Waals surface area contributed by atoms with Gasteiger partial charge in [0.1, 0.15) is 5.82 Å². The van der Waals surface area contributed by atoms with Crippen LogP contribution in [0.5, 0.6) is 0 Å². The topological polar surface area (TPSA) is 71.1 Å². The van der Waals surface area contributed by atoms with Crippen LogP contribution in [0.15, 0.2) is 85.2 Å². The van der Waals surface area contributed by atoms with E-state index in [4.69, 9.17) is 0 Å². The first-order valence-electron chi connectivity index (χ1n) is 9.08. The van der Waals surface area contributed by atoms with Crippen molar-refractivity contribution in [2.24, 2.45) is 0 Å². The molecule has 4 rings (SSSR count). The Morgan fingerprint density at radius 2 is 1.50 bits per heavy atom. The molecule has 0 unspecified atom stereocenters. The highest BCUT2D eigenvalue weighted by Gasteiger charge is 2.13. The van der Waals surface area contributed by atoms with Gasteiger partial charge in [0, 0.05) is 39.8 Å². The zero-order valence-corrected chi connectivity index (χ0v) is 16.4. The van der Waals surface area contributed by atoms with Crippen molar-refractivity contribution in [3.05, 3.63) is 101 Å². The van der Waals surface area contributed by atoms with Crippen molar-refractivity contribution in [1.29, 1.82) is 0 Å². The van der Waals surface area contributed by atoms with Crippen molar-refractivity contribution >= 4 is 34.5 Å². The number of nitrogens with zero attached hydrogens (tertiary/aromatic N) is 1. The van der Waals surface area contributed by atoms with Gasteiger partial charge in [-0.1, -0.05) is 24.3 Å². The summed E-state index contributed by atoms with van der Waals surface area (Å²) in [6.45, 7) is 0. The average molecular weight is 417 g/mol. The fourth-order valence-corrected chi connectivity index (χ4v) is 3.77. The normalized spacial score (nSPS) is 10.4. The summed E-state index contributed by atoms with van der Waals surface area (Å²) in [4.78, 5) is 29.9. The van der Waals surface area contributed by atoms with Gasteiger partial charge in [0.05, 0.1) is 4.88 Å². The van der Waals surface area contributed by atoms with Crippen LogP contribution in [0.4, 0.5) is 15.8 Å². The minimum absolute atomic E-state index is 0.270. The summed E-state index contributed by atoms with van der Waals surface area (Å²) in [5.41, 5.74) is 2.03. The van der Waals surface area contributed by atoms with E-state index >= 15 is 0 Å². The van der Waals surface area contributed by atoms with Crippen molar-refractivity contribution in [3.8, 4) is 10.4 Å². The summed E-state index contributed by atoms with van der Waals surface area (Å²) >= 11 is 1.21. The van der Waals surface area contributed by atoms with E-state index in [2.05, 4.69) is 15.6 Å². The highest BCUT2D eigenvalue weighted by molar-refractivity contribution is 7.17. The molecule has 4 aromatic rings. The highest BCUT2D eigenvalue weighted by Crippen LogP contribution is 2.30. The van der Waals surface area contributed by atoms with Crippen molar-refractivity contribution in [2.75, 3.05) is 10.6 Å². The standard InChI is InChI=1S/C23H16FN3O2S/c24-19-7-2-1-6-18(19)20-8-9-21(30-20)23(29)27-17-5-3-4-16(14-17)26-22(28)15-10-12-25-13-11-15/h1-14H,(H,26,28)(H,27,29). The molecule has 0 aliphatic rings. The number of carbonyl (C=O) groups excluding carboxylic acids is 2. The molecule has 2 heterocycles. The molecule has 148 valence electrons. The van der Waals surface area contributed by atoms with Crippen LogP contribution in [0.3, 0.4) is 0 Å². The number of nitrogens with one attached hydrogen (secondary N) is 2. The number of aromatic nitrogens is 1. The molecule has 2 amide bonds. The van der Waals surface area contributed by atoms with Gasteiger partial charge in [0.2, 0.25) is 0 Å². The average Bonchev–Trinajstić information content (AvgIpc) is 3.25. The summed E-state index contributed by atoms with van der Waals surface area (Å²) in [6.07, 6.45) is 3.09. The Balaban J connectivity index is 1.46. The Bertz CT molecular complexity index is 1210. The van der Waals surface area contributed by atoms with E-state index in [1.807, 2.05) is 0 Å². The Morgan fingerprint density at radius 3 is 2.23 bits per heavy atom. The molecule has 0 bridgehead atoms. The number of halogens is 1. The molecule has 0 atom stereocenters. The summed E-state index contributed by atoms with van der Waals surface area (Å²) in [5, 5.41) is 5.59. The smallest absolute Gasteiger partial charge is 0.265 e. The third-order valence-electron chi connectivity index (χ3n) is 4.29. The molecule has 0 aliphatic carbocycles. The van der Waals surface area contributed by atoms with Crippen LogP contribution in [-0.4, -0.2) is 16.8 Å². The Labute approximate surface area is 176 Å². The minimum Gasteiger partial charge on any atom is -0.322 e. The first kappa shape index (κ1) is 19.5. The van der Waals surface area contributed by atoms with Gasteiger partial charge in [-0.15, -0.1) is 11.3 Å². The van der Waals surface area contributed by atoms with Crippen molar-refractivity contribution < 1.29 is 14.0 Å². The van der Waals surface area contributed by atoms with Crippen LogP contribution in [0.2, 0.25) is 0 Å². The predicted octanol–water partition coefficient (Wildman–Crippen LogP) is 5.45. The van der Waals surface area contributed by atoms with Gasteiger partial charge in [-0.2, -0.15) is 0 Å². The molecule has 2 N–H and O–H groups in total. The van der Waals surface area contributed by atoms with Gasteiger partial charge in [-0.3, -0.25) is 14.6 Å². The molecule has 2 aromatic carbocycles. The van der Waals surface area contributed by atoms with Crippen molar-refractivity contribution in [3.63, 3.8) is 0 Å². The molecule has 0 aliphatic heterocycles. The monoisotopic (exact) mass is 417 g/mol. The molecule has 5 nitrogen and oxygen atoms in total. The lowest BCUT2D eigenvalue weighted by Crippen LogP contribution is -2.13. The molecule has 0 saturated heterocycles. The van der Waals surface area contributed by atoms with Gasteiger partial charge < -0.3 is 10.6 Å². The maximum Gasteiger partial charge on any atom is 0.265 e. The molecule has 30 heavy (non-hydrogen) atoms. The van der Waals surface area contributed by atoms with E-state index in [0.29, 0.717) is 32.3 Å². The van der Waals surface area contributed by atoms with Crippen LogP contribution in [0, 0.1) is 5.82 Å². The van der Waals surface area contributed by atoms with Gasteiger partial charge >= 0.3 is 0 Å². The quantitative estimate of drug-likeness (QED) is 0.453. The van der Waals surface area contributed by atoms with Crippen molar-refractivity contribution in [2.45, 2.75) is 0 Å². The second kappa shape index (κ2) is 8.67. The van der Waals surface area contributed by atoms with E-state index in [9.17, 15) is 14.0 Å². The van der Waals surface area contributed by atoms with Crippen LogP contribution in [-0.2, 0) is 0 Å². The van der Waals surface area contributed by atoms with E-state index in [1.165, 1.54) is 17.4 Å². The lowest BCUT2D eigenvalue weighted by atomic mass is 10.2. The van der Waals surface area contributed by atoms with Gasteiger partial charge in [-0.05, 0) is 48.5 Å². The van der Waals surface area contributed by atoms with E-state index < -0.39 is 0 Å². The largest absolute Gasteiger partial charge is 0.322 e. The van der Waals surface area contributed by atoms with Crippen LogP contribution < -0.4 is 10.6 Å². The fraction of sp³-hybridized carbons (Fsp3) is 0. The second-order valence-electron chi connectivity index (χ2n) is 6.37. The number of benzene rings is 2. The number of anilines is 2. The lowest BCUT2D eigenvalue weighted by molar-refractivity contribution is 0.102. The Kier molecular flexibility index (Phi) is 5.63. The zero-order valence-electron chi connectivity index (χ0n) is 15.6. The number of thiophene rings is 1. The summed E-state index contributed by atoms with van der Waals surface area (Å²) in [7, 11) is 0. The van der Waals surface area contributed by atoms with Gasteiger partial charge in [0.25, 0.3) is 11.8 Å². The number of rotatable bonds is 5. The maximum atomic E-state index is 14.0. The summed E-state index contributed by atoms with van der Waals surface area (Å²) in [5.74, 6) is -0.905. The van der Waals surface area contributed by atoms with E-state index in [-0.39, 0.29) is 17.6 Å². The molecule has 0 fully saturated rings. The maximum absolute atomic E-state index is 14.0. The molecule has 0 radical (unpaired) electrons. The third kappa shape index (κ3) is 4.42. The first-order valence-corrected chi connectivity index (χ1v) is 9.89. The Morgan fingerprint density at radius 1 is 0.800 bits per heavy atom. The summed E-state index contributed by atoms with van der Waals surface area (Å²) in [6, 6.07) is 19.9. The van der Waals surface area contributed by atoms with Crippen molar-refractivity contribution in [1.82, 2.24) is 4.98 Å². The second-order valence-corrected chi connectivity index (χ2v) is 7.45. The number of hydrogen-bond acceptors (Lipinski definition) is 4. The summed E-state index contributed by atoms with van der Waals surface area (Å²) < 4.78 is 14.0. The third-order valence-corrected chi connectivity index (χ3v) is 5.41. The fourth-order valence-electron chi connectivity index (χ4n) is 2.84. The lowest BCUT2D eigenvalue weighted by Gasteiger charge is -2.08. The van der Waals surface area contributed by atoms with Crippen LogP contribution >= 0.6 is 11.3 Å². The molecule has 0 spiro atoms. The number of hydrogen-bond donors (Lipinski definition) is 2. The number of carbonyl (C=O) groups is 2. The highest BCUT2D eigenvalue weighted by atomic mass is 32.1. The molecular weight excluding hydrogens is 401 g/mol. The molecule has 0 saturated carbocycles. The minimum atomic E-state index is -0.330. The number of pyridine rings is 1. The molecular formula is C23H16FN3O2S. The van der Waals surface area contributed by atoms with Crippen LogP contribution in [0.25, 0.3) is 10.4 Å². The van der Waals surface area contributed by atoms with E-state index in [1.54, 1.807) is 79.1 Å². The van der Waals surface area contributed by atoms with Gasteiger partial charge in [-0.25, -0.2) is 4.39 Å². The predicted molar refractivity (Wildman–Crippen MR) is 116 cm³/mol. The SMILES string of the molecule is O=C(Nc1cccc(NC(=O)c2ccc(-c3ccccc3F)s2)c1)c1ccncc1. The van der Waals surface area contributed by atoms with Crippen LogP contribution in [0.1, 0.15) is 20.0 Å². The first-order chi connectivity index (χ1) is 14.6. The zero-order chi connectivity index (χ0) is 20.9. The molecule has 2 aromatic heterocycles. The van der Waals surface area contributed by atoms with E-state index in [0.717, 1.165) is 0 Å². The Hall–Kier alpha value is -3.84. The van der Waals surface area contributed by atoms with Gasteiger partial charge in [0.15, 0.2) is 0 Å².